The number of fused-ring (bicyclic) bond motifs is 2. The van der Waals surface area contributed by atoms with E-state index in [-0.39, 0.29) is 48.4 Å². The summed E-state index contributed by atoms with van der Waals surface area (Å²) in [5.41, 5.74) is 2.66. The van der Waals surface area contributed by atoms with E-state index in [0.717, 1.165) is 85.5 Å². The molecule has 32 nitrogen and oxygen atoms in total. The van der Waals surface area contributed by atoms with Crippen LogP contribution < -0.4 is 41.0 Å². The number of phenolic OH excluding ortho intramolecular Hbond substituents is 1. The zero-order valence-corrected chi connectivity index (χ0v) is 56.3. The molecule has 0 bridgehead atoms. The van der Waals surface area contributed by atoms with Crippen molar-refractivity contribution in [2.24, 2.45) is 11.8 Å². The molecule has 34 heteroatoms. The third kappa shape index (κ3) is 20.2. The van der Waals surface area contributed by atoms with E-state index in [1.54, 1.807) is 12.1 Å². The molecule has 4 aliphatic heterocycles. The van der Waals surface area contributed by atoms with E-state index >= 15 is 0 Å². The van der Waals surface area contributed by atoms with E-state index < -0.39 is 184 Å². The normalized spacial score (nSPS) is 25.2. The highest BCUT2D eigenvalue weighted by molar-refractivity contribution is 7.90. The van der Waals surface area contributed by atoms with Gasteiger partial charge in [-0.05, 0) is 106 Å². The summed E-state index contributed by atoms with van der Waals surface area (Å²) in [5, 5.41) is 136. The van der Waals surface area contributed by atoms with Crippen LogP contribution in [0.3, 0.4) is 0 Å². The average Bonchev–Trinajstić information content (AvgIpc) is 1.65. The van der Waals surface area contributed by atoms with E-state index in [4.69, 9.17) is 14.2 Å². The summed E-state index contributed by atoms with van der Waals surface area (Å²) in [6, 6.07) is 5.46. The van der Waals surface area contributed by atoms with Crippen molar-refractivity contribution >= 4 is 70.7 Å². The number of rotatable bonds is 25. The van der Waals surface area contributed by atoms with Gasteiger partial charge in [0.05, 0.1) is 62.0 Å². The number of aromatic hydroxyl groups is 1. The van der Waals surface area contributed by atoms with Crippen molar-refractivity contribution in [2.45, 2.75) is 164 Å². The van der Waals surface area contributed by atoms with Crippen LogP contribution in [-0.2, 0) is 49.3 Å². The van der Waals surface area contributed by atoms with Crippen molar-refractivity contribution in [3.05, 3.63) is 77.9 Å². The summed E-state index contributed by atoms with van der Waals surface area (Å²) in [4.78, 5) is 106. The molecule has 16 N–H and O–H groups in total. The first-order valence-electron chi connectivity index (χ1n) is 32.6. The Hall–Kier alpha value is -7.26. The number of ether oxygens (including phenoxy) is 1. The van der Waals surface area contributed by atoms with Gasteiger partial charge in [0.1, 0.15) is 46.3 Å². The van der Waals surface area contributed by atoms with E-state index in [0.29, 0.717) is 21.5 Å². The molecule has 1 aromatic heterocycles. The Morgan fingerprint density at radius 1 is 0.755 bits per heavy atom. The van der Waals surface area contributed by atoms with Crippen molar-refractivity contribution in [1.82, 2.24) is 51.9 Å². The molecule has 98 heavy (non-hydrogen) atoms. The van der Waals surface area contributed by atoms with Gasteiger partial charge in [0, 0.05) is 86.9 Å². The number of nitrogens with one attached hydrogen (secondary N) is 6. The van der Waals surface area contributed by atoms with Crippen molar-refractivity contribution in [3.8, 4) is 32.6 Å². The Bertz CT molecular complexity index is 3310. The van der Waals surface area contributed by atoms with Crippen LogP contribution >= 0.6 is 23.7 Å². The highest BCUT2D eigenvalue weighted by Crippen LogP contribution is 2.34. The number of benzene rings is 3. The number of aliphatic hydroxyl groups excluding tert-OH is 8. The first-order valence-corrected chi connectivity index (χ1v) is 34.0. The number of β-amino-alcohol motifs (C(OH)–C–C–N with tert-alkyl or cyclic N) is 1. The molecular formula is C64H89N11O21S2. The molecule has 4 fully saturated rings. The second kappa shape index (κ2) is 36.2. The smallest absolute Gasteiger partial charge is 0.261 e. The van der Waals surface area contributed by atoms with E-state index in [1.165, 1.54) is 36.5 Å². The van der Waals surface area contributed by atoms with Crippen LogP contribution in [-0.4, -0.2) is 257 Å². The average molecular weight is 1410 g/mol. The number of piperidine rings is 1. The van der Waals surface area contributed by atoms with Gasteiger partial charge in [-0.3, -0.25) is 33.6 Å². The van der Waals surface area contributed by atoms with Crippen LogP contribution in [0.25, 0.3) is 21.1 Å². The van der Waals surface area contributed by atoms with Gasteiger partial charge in [0.15, 0.2) is 11.5 Å². The molecule has 538 valence electrons. The first-order chi connectivity index (χ1) is 46.9. The Morgan fingerprint density at radius 3 is 2.04 bits per heavy atom. The van der Waals surface area contributed by atoms with Gasteiger partial charge in [0.2, 0.25) is 35.4 Å². The van der Waals surface area contributed by atoms with Gasteiger partial charge < -0.3 is 101 Å². The summed E-state index contributed by atoms with van der Waals surface area (Å²) in [6.45, 7) is 6.64. The predicted octanol–water partition coefficient (Wildman–Crippen LogP) is -1.36. The number of amides is 7. The number of nitrogens with zero attached hydrogens (tertiary/aromatic N) is 5. The fraction of sp³-hybridized carbons (Fsp3) is 0.578. The van der Waals surface area contributed by atoms with Crippen LogP contribution in [0.2, 0.25) is 0 Å². The maximum atomic E-state index is 15.0. The van der Waals surface area contributed by atoms with Gasteiger partial charge in [0.25, 0.3) is 18.2 Å². The summed E-state index contributed by atoms with van der Waals surface area (Å²) in [5.74, 6) is -8.96. The predicted molar refractivity (Wildman–Crippen MR) is 353 cm³/mol. The second-order valence-corrected chi connectivity index (χ2v) is 26.9. The van der Waals surface area contributed by atoms with Gasteiger partial charge in [-0.15, -0.1) is 10.2 Å². The van der Waals surface area contributed by atoms with E-state index in [1.807, 2.05) is 12.1 Å². The molecule has 8 rings (SSSR count). The third-order valence-corrected chi connectivity index (χ3v) is 19.1. The molecule has 7 amide bonds. The lowest BCUT2D eigenvalue weighted by Crippen LogP contribution is -2.64. The highest BCUT2D eigenvalue weighted by atomic mass is 32.2. The Kier molecular flexibility index (Phi) is 28.2. The van der Waals surface area contributed by atoms with Gasteiger partial charge in [-0.1, -0.05) is 59.7 Å². The summed E-state index contributed by atoms with van der Waals surface area (Å²) >= 11 is 1.39. The van der Waals surface area contributed by atoms with E-state index in [9.17, 15) is 79.5 Å². The third-order valence-electron chi connectivity index (χ3n) is 17.7. The Morgan fingerprint density at radius 2 is 1.40 bits per heavy atom. The highest BCUT2D eigenvalue weighted by Gasteiger charge is 2.50. The van der Waals surface area contributed by atoms with Crippen LogP contribution in [0.5, 0.6) is 11.5 Å². The minimum Gasteiger partial charge on any atom is -0.504 e. The molecule has 0 aliphatic carbocycles. The molecule has 1 unspecified atom stereocenters. The van der Waals surface area contributed by atoms with Crippen molar-refractivity contribution in [3.63, 3.8) is 0 Å². The molecule has 4 aliphatic rings. The van der Waals surface area contributed by atoms with Crippen LogP contribution in [0.15, 0.2) is 66.7 Å². The molecule has 4 aromatic rings. The van der Waals surface area contributed by atoms with Crippen molar-refractivity contribution in [2.75, 3.05) is 64.0 Å². The molecule has 13 atom stereocenters. The molecule has 3 aromatic carbocycles. The van der Waals surface area contributed by atoms with E-state index in [2.05, 4.69) is 82.4 Å². The fourth-order valence-corrected chi connectivity index (χ4v) is 13.3. The topological polar surface area (TPSA) is 466 Å². The van der Waals surface area contributed by atoms with Crippen LogP contribution in [0, 0.1) is 11.8 Å². The number of phenols is 1. The minimum atomic E-state index is -2.16. The number of carbonyl (C=O) groups is 7. The molecule has 5 heterocycles. The maximum Gasteiger partial charge on any atom is 0.261 e. The monoisotopic (exact) mass is 1410 g/mol. The Balaban J connectivity index is 1.05. The standard InChI is InChI=1S/C64H89N11O21S2/c1-33(2)6-5-23-93-44-18-21-73(22-19-44)41-14-12-39(13-15-41)62-72-71-61(97-62)38-10-8-37(9-11-38)56(85)67-45-26-42(79)28-66-60(89)54-55(84)34(3)29-75(54)64(91)53(48(82)17-20-65-40(31-76)32-77)70-59(88)52(49(83)24-36-7-16-47(81)50(25-36)94-98-96-95-92)69-58(87)46-27-43(80)30-74(46)63(90)51(35(4)78)68-57(45)86/h7-16,25,33-35,40,42-46,48-49,51-55,65,76-84,92H,5-6,17-24,26-32H2,1-4H3,(H,66,89)(H,67,85)(H,68,86)(H,69,87)(H,70,88)/t34-,35+,42+,43+,45?,46-,48+,49+,51-,52-,53-,54-,55-/m0/s1. The number of hydrogen-bond donors (Lipinski definition) is 16. The molecular weight excluding hydrogens is 1320 g/mol. The largest absolute Gasteiger partial charge is 0.504 e. The molecule has 0 saturated carbocycles. The lowest BCUT2D eigenvalue weighted by molar-refractivity contribution is -0.433. The zero-order valence-electron chi connectivity index (χ0n) is 54.6. The van der Waals surface area contributed by atoms with Gasteiger partial charge in [-0.2, -0.15) is 0 Å². The lowest BCUT2D eigenvalue weighted by atomic mass is 9.98. The zero-order chi connectivity index (χ0) is 70.9. The minimum absolute atomic E-state index is 0.0160. The van der Waals surface area contributed by atoms with Crippen LogP contribution in [0.4, 0.5) is 5.69 Å². The number of aromatic nitrogens is 2. The van der Waals surface area contributed by atoms with Gasteiger partial charge in [-0.25, -0.2) is 5.26 Å². The maximum absolute atomic E-state index is 15.0. The fourth-order valence-electron chi connectivity index (χ4n) is 12.2. The van der Waals surface area contributed by atoms with Gasteiger partial charge >= 0.3 is 0 Å². The van der Waals surface area contributed by atoms with Crippen molar-refractivity contribution in [1.29, 1.82) is 0 Å². The number of carbonyl (C=O) groups excluding carboxylic acids is 7. The Labute approximate surface area is 573 Å². The number of aliphatic hydroxyl groups is 8. The molecule has 4 saturated heterocycles. The molecule has 0 spiro atoms. The SMILES string of the molecule is CC(C)CCCOC1CCN(c2ccc(-c3nnc(-c4ccc(C(=O)NC5C[C@@H](O)CNC(=O)[C@@H]6[C@@H](O)[C@@H](C)CN6C(=O)[C@H]([C@H](O)CCNC(CO)CO)NC(=O)[C@H]([C@H](O)Cc6ccc(O)c(OSOOO)c6)NC(=O)[C@@H]6C[C@@H](O)CN6C(=O)[C@H]([C@@H](C)O)NC5=O)cc4)s3)cc2)CC1. The first kappa shape index (κ1) is 76.5. The quantitative estimate of drug-likeness (QED) is 0.0158. The molecule has 0 radical (unpaired) electrons. The second-order valence-electron chi connectivity index (χ2n) is 25.5. The summed E-state index contributed by atoms with van der Waals surface area (Å²) in [7, 11) is 0. The van der Waals surface area contributed by atoms with Crippen molar-refractivity contribution < 1.29 is 103 Å². The number of anilines is 1. The number of hydrogen-bond acceptors (Lipinski definition) is 27. The summed E-state index contributed by atoms with van der Waals surface area (Å²) < 4.78 is 15.5. The lowest BCUT2D eigenvalue weighted by Gasteiger charge is -2.34. The van der Waals surface area contributed by atoms with Crippen LogP contribution in [0.1, 0.15) is 88.6 Å². The summed E-state index contributed by atoms with van der Waals surface area (Å²) in [6.07, 6.45) is -8.32.